The highest BCUT2D eigenvalue weighted by atomic mass is 19.1. The van der Waals surface area contributed by atoms with Crippen LogP contribution >= 0.6 is 0 Å². The zero-order valence-corrected chi connectivity index (χ0v) is 11.8. The maximum atomic E-state index is 13.4. The maximum absolute atomic E-state index is 13.4. The van der Waals surface area contributed by atoms with Gasteiger partial charge in [-0.15, -0.1) is 0 Å². The van der Waals surface area contributed by atoms with Crippen molar-refractivity contribution in [2.75, 3.05) is 33.3 Å². The summed E-state index contributed by atoms with van der Waals surface area (Å²) in [4.78, 5) is 13.9. The van der Waals surface area contributed by atoms with E-state index in [1.165, 1.54) is 12.1 Å². The number of benzene rings is 1. The van der Waals surface area contributed by atoms with Gasteiger partial charge in [0.1, 0.15) is 0 Å². The van der Waals surface area contributed by atoms with Crippen LogP contribution in [-0.2, 0) is 4.79 Å². The minimum absolute atomic E-state index is 0.0749. The van der Waals surface area contributed by atoms with Crippen LogP contribution in [0.2, 0.25) is 0 Å². The zero-order valence-electron chi connectivity index (χ0n) is 11.8. The number of amides is 1. The normalized spacial score (nSPS) is 18.9. The van der Waals surface area contributed by atoms with Gasteiger partial charge in [-0.05, 0) is 44.5 Å². The predicted molar refractivity (Wildman–Crippen MR) is 75.1 cm³/mol. The van der Waals surface area contributed by atoms with Gasteiger partial charge in [-0.25, -0.2) is 4.39 Å². The molecule has 20 heavy (non-hydrogen) atoms. The SMILES string of the molecule is CNC[C@H]1CCCN(C(=O)COc2ccccc2F)C1. The van der Waals surface area contributed by atoms with Gasteiger partial charge in [0.25, 0.3) is 5.91 Å². The molecule has 0 saturated carbocycles. The predicted octanol–water partition coefficient (Wildman–Crippen LogP) is 1.66. The Morgan fingerprint density at radius 1 is 1.50 bits per heavy atom. The molecule has 1 heterocycles. The number of piperidine rings is 1. The van der Waals surface area contributed by atoms with Crippen molar-refractivity contribution in [1.29, 1.82) is 0 Å². The van der Waals surface area contributed by atoms with Crippen molar-refractivity contribution in [3.63, 3.8) is 0 Å². The van der Waals surface area contributed by atoms with E-state index in [-0.39, 0.29) is 18.3 Å². The Labute approximate surface area is 118 Å². The second kappa shape index (κ2) is 7.24. The first kappa shape index (κ1) is 14.8. The number of para-hydroxylation sites is 1. The Kier molecular flexibility index (Phi) is 5.35. The summed E-state index contributed by atoms with van der Waals surface area (Å²) in [6.45, 7) is 2.32. The first-order valence-electron chi connectivity index (χ1n) is 7.00. The number of rotatable bonds is 5. The van der Waals surface area contributed by atoms with Gasteiger partial charge in [-0.1, -0.05) is 12.1 Å². The van der Waals surface area contributed by atoms with Crippen molar-refractivity contribution in [1.82, 2.24) is 10.2 Å². The topological polar surface area (TPSA) is 41.6 Å². The summed E-state index contributed by atoms with van der Waals surface area (Å²) >= 11 is 0. The fourth-order valence-corrected chi connectivity index (χ4v) is 2.54. The van der Waals surface area contributed by atoms with Gasteiger partial charge in [0, 0.05) is 13.1 Å². The molecule has 2 rings (SSSR count). The minimum atomic E-state index is -0.438. The van der Waals surface area contributed by atoms with Crippen molar-refractivity contribution >= 4 is 5.91 Å². The van der Waals surface area contributed by atoms with Crippen LogP contribution in [0.3, 0.4) is 0 Å². The Morgan fingerprint density at radius 2 is 2.30 bits per heavy atom. The number of halogens is 1. The van der Waals surface area contributed by atoms with E-state index in [1.54, 1.807) is 12.1 Å². The van der Waals surface area contributed by atoms with E-state index in [2.05, 4.69) is 5.32 Å². The van der Waals surface area contributed by atoms with Gasteiger partial charge in [0.05, 0.1) is 0 Å². The molecule has 110 valence electrons. The van der Waals surface area contributed by atoms with Crippen molar-refractivity contribution in [2.24, 2.45) is 5.92 Å². The molecule has 1 amide bonds. The number of hydrogen-bond acceptors (Lipinski definition) is 3. The van der Waals surface area contributed by atoms with Crippen molar-refractivity contribution < 1.29 is 13.9 Å². The number of hydrogen-bond donors (Lipinski definition) is 1. The summed E-state index contributed by atoms with van der Waals surface area (Å²) < 4.78 is 18.7. The molecular weight excluding hydrogens is 259 g/mol. The van der Waals surface area contributed by atoms with Gasteiger partial charge in [-0.2, -0.15) is 0 Å². The van der Waals surface area contributed by atoms with E-state index >= 15 is 0 Å². The average Bonchev–Trinajstić information content (AvgIpc) is 2.47. The lowest BCUT2D eigenvalue weighted by atomic mass is 9.98. The Morgan fingerprint density at radius 3 is 3.05 bits per heavy atom. The quantitative estimate of drug-likeness (QED) is 0.892. The first-order valence-corrected chi connectivity index (χ1v) is 7.00. The summed E-state index contributed by atoms with van der Waals surface area (Å²) in [6.07, 6.45) is 2.15. The van der Waals surface area contributed by atoms with Crippen molar-refractivity contribution in [2.45, 2.75) is 12.8 Å². The fraction of sp³-hybridized carbons (Fsp3) is 0.533. The summed E-state index contributed by atoms with van der Waals surface area (Å²) in [6, 6.07) is 6.13. The molecule has 1 N–H and O–H groups in total. The van der Waals surface area contributed by atoms with Gasteiger partial charge in [-0.3, -0.25) is 4.79 Å². The second-order valence-corrected chi connectivity index (χ2v) is 5.12. The highest BCUT2D eigenvalue weighted by molar-refractivity contribution is 5.77. The monoisotopic (exact) mass is 280 g/mol. The van der Waals surface area contributed by atoms with Crippen molar-refractivity contribution in [3.05, 3.63) is 30.1 Å². The number of carbonyl (C=O) groups excluding carboxylic acids is 1. The summed E-state index contributed by atoms with van der Waals surface area (Å²) in [5.74, 6) is 0.108. The largest absolute Gasteiger partial charge is 0.481 e. The van der Waals surface area contributed by atoms with Crippen LogP contribution in [-0.4, -0.2) is 44.1 Å². The Bertz CT molecular complexity index is 451. The molecule has 0 aliphatic carbocycles. The van der Waals surface area contributed by atoms with Gasteiger partial charge >= 0.3 is 0 Å². The van der Waals surface area contributed by atoms with E-state index in [1.807, 2.05) is 11.9 Å². The molecule has 1 aliphatic heterocycles. The third-order valence-electron chi connectivity index (χ3n) is 3.55. The maximum Gasteiger partial charge on any atom is 0.260 e. The molecule has 1 fully saturated rings. The van der Waals surface area contributed by atoms with Gasteiger partial charge in [0.15, 0.2) is 18.2 Å². The lowest BCUT2D eigenvalue weighted by Crippen LogP contribution is -2.44. The van der Waals surface area contributed by atoms with Crippen LogP contribution in [0, 0.1) is 11.7 Å². The molecule has 0 unspecified atom stereocenters. The number of ether oxygens (including phenoxy) is 1. The summed E-state index contributed by atoms with van der Waals surface area (Å²) in [5, 5.41) is 3.14. The van der Waals surface area contributed by atoms with Crippen LogP contribution in [0.4, 0.5) is 4.39 Å². The van der Waals surface area contributed by atoms with Crippen molar-refractivity contribution in [3.8, 4) is 5.75 Å². The number of likely N-dealkylation sites (tertiary alicyclic amines) is 1. The highest BCUT2D eigenvalue weighted by Crippen LogP contribution is 2.18. The van der Waals surface area contributed by atoms with Crippen LogP contribution in [0.5, 0.6) is 5.75 Å². The first-order chi connectivity index (χ1) is 9.70. The van der Waals surface area contributed by atoms with Gasteiger partial charge in [0.2, 0.25) is 0 Å². The fourth-order valence-electron chi connectivity index (χ4n) is 2.54. The number of carbonyl (C=O) groups is 1. The Hall–Kier alpha value is -1.62. The molecule has 1 aliphatic rings. The third-order valence-corrected chi connectivity index (χ3v) is 3.55. The second-order valence-electron chi connectivity index (χ2n) is 5.12. The number of nitrogens with zero attached hydrogens (tertiary/aromatic N) is 1. The average molecular weight is 280 g/mol. The molecule has 0 spiro atoms. The summed E-state index contributed by atoms with van der Waals surface area (Å²) in [7, 11) is 1.92. The standard InChI is InChI=1S/C15H21FN2O2/c1-17-9-12-5-4-8-18(10-12)15(19)11-20-14-7-3-2-6-13(14)16/h2-3,6-7,12,17H,4-5,8-11H2,1H3/t12-/m1/s1. The van der Waals surface area contributed by atoms with E-state index < -0.39 is 5.82 Å². The Balaban J connectivity index is 1.84. The minimum Gasteiger partial charge on any atom is -0.481 e. The molecule has 0 radical (unpaired) electrons. The molecule has 5 heteroatoms. The third kappa shape index (κ3) is 3.93. The lowest BCUT2D eigenvalue weighted by Gasteiger charge is -2.32. The van der Waals surface area contributed by atoms with Crippen LogP contribution < -0.4 is 10.1 Å². The van der Waals surface area contributed by atoms with Crippen LogP contribution in [0.25, 0.3) is 0 Å². The highest BCUT2D eigenvalue weighted by Gasteiger charge is 2.23. The number of nitrogens with one attached hydrogen (secondary N) is 1. The van der Waals surface area contributed by atoms with E-state index in [0.717, 1.165) is 32.5 Å². The summed E-state index contributed by atoms with van der Waals surface area (Å²) in [5.41, 5.74) is 0. The molecule has 4 nitrogen and oxygen atoms in total. The molecule has 0 bridgehead atoms. The molecule has 0 aromatic heterocycles. The smallest absolute Gasteiger partial charge is 0.260 e. The molecule has 1 atom stereocenters. The van der Waals surface area contributed by atoms with Gasteiger partial charge < -0.3 is 15.0 Å². The molecule has 1 saturated heterocycles. The van der Waals surface area contributed by atoms with Crippen LogP contribution in [0.15, 0.2) is 24.3 Å². The molecule has 1 aromatic carbocycles. The van der Waals surface area contributed by atoms with E-state index in [9.17, 15) is 9.18 Å². The van der Waals surface area contributed by atoms with E-state index in [0.29, 0.717) is 5.92 Å². The van der Waals surface area contributed by atoms with E-state index in [4.69, 9.17) is 4.74 Å². The van der Waals surface area contributed by atoms with Crippen LogP contribution in [0.1, 0.15) is 12.8 Å². The molecule has 1 aromatic rings. The zero-order chi connectivity index (χ0) is 14.4. The lowest BCUT2D eigenvalue weighted by molar-refractivity contribution is -0.135. The molecular formula is C15H21FN2O2.